The molecule has 46 heavy (non-hydrogen) atoms. The number of aryl methyl sites for hydroxylation is 1. The van der Waals surface area contributed by atoms with Crippen LogP contribution in [-0.4, -0.2) is 77.6 Å². The zero-order chi connectivity index (χ0) is 31.8. The highest BCUT2D eigenvalue weighted by Gasteiger charge is 2.42. The van der Waals surface area contributed by atoms with Gasteiger partial charge >= 0.3 is 0 Å². The number of aromatic nitrogens is 4. The van der Waals surface area contributed by atoms with Gasteiger partial charge in [0.15, 0.2) is 0 Å². The summed E-state index contributed by atoms with van der Waals surface area (Å²) in [7, 11) is 1.84. The first-order valence-corrected chi connectivity index (χ1v) is 16.5. The molecule has 2 amide bonds. The van der Waals surface area contributed by atoms with Gasteiger partial charge in [-0.3, -0.25) is 23.9 Å². The van der Waals surface area contributed by atoms with Gasteiger partial charge in [0.25, 0.3) is 11.5 Å². The van der Waals surface area contributed by atoms with Crippen LogP contribution in [0.3, 0.4) is 0 Å². The lowest BCUT2D eigenvalue weighted by molar-refractivity contribution is -0.142. The Kier molecular flexibility index (Phi) is 8.04. The number of carbonyl (C=O) groups excluding carboxylic acids is 2. The number of rotatable bonds is 6. The van der Waals surface area contributed by atoms with E-state index >= 15 is 0 Å². The molecule has 4 aromatic heterocycles. The van der Waals surface area contributed by atoms with Crippen LogP contribution in [-0.2, 0) is 18.4 Å². The van der Waals surface area contributed by atoms with Gasteiger partial charge in [-0.1, -0.05) is 36.4 Å². The number of amides is 2. The predicted molar refractivity (Wildman–Crippen MR) is 176 cm³/mol. The standard InChI is InChI=1S/C35H36N6O4S/c1-38-15-9-28-31(38)37-23-41(33(28)43)22-35(45)12-17-39(18-13-35)32(42)27-10-16-40(21-29(27)24-6-3-2-4-7-24)34(44)30-26(11-19-46-30)25-8-5-14-36-20-25/h2-9,11,14-15,19-20,23,27,29,45H,10,12-13,16-18,21-22H2,1H3/t27-,29+/m1/s1. The van der Waals surface area contributed by atoms with Gasteiger partial charge in [-0.15, -0.1) is 11.3 Å². The van der Waals surface area contributed by atoms with Gasteiger partial charge in [-0.2, -0.15) is 0 Å². The van der Waals surface area contributed by atoms with Crippen molar-refractivity contribution in [2.24, 2.45) is 13.0 Å². The molecule has 0 aliphatic carbocycles. The molecule has 2 fully saturated rings. The quantitative estimate of drug-likeness (QED) is 0.300. The van der Waals surface area contributed by atoms with E-state index in [0.717, 1.165) is 16.7 Å². The largest absolute Gasteiger partial charge is 0.388 e. The summed E-state index contributed by atoms with van der Waals surface area (Å²) in [4.78, 5) is 54.1. The van der Waals surface area contributed by atoms with Crippen LogP contribution >= 0.6 is 11.3 Å². The maximum atomic E-state index is 14.1. The summed E-state index contributed by atoms with van der Waals surface area (Å²) in [6.07, 6.45) is 8.06. The lowest BCUT2D eigenvalue weighted by Crippen LogP contribution is -2.53. The summed E-state index contributed by atoms with van der Waals surface area (Å²) in [5.41, 5.74) is 2.13. The summed E-state index contributed by atoms with van der Waals surface area (Å²) in [6.45, 7) is 1.85. The SMILES string of the molecule is Cn1ccc2c(=O)n(CC3(O)CCN(C(=O)[C@@H]4CCN(C(=O)c5sccc5-c5cccnc5)C[C@H]4c4ccccc4)CC3)cnc21. The smallest absolute Gasteiger partial charge is 0.264 e. The number of piperidine rings is 2. The van der Waals surface area contributed by atoms with E-state index in [-0.39, 0.29) is 35.8 Å². The molecular formula is C35H36N6O4S. The molecule has 0 saturated carbocycles. The van der Waals surface area contributed by atoms with Crippen LogP contribution in [0.15, 0.2) is 89.7 Å². The molecule has 0 spiro atoms. The molecule has 2 saturated heterocycles. The van der Waals surface area contributed by atoms with E-state index in [2.05, 4.69) is 9.97 Å². The Balaban J connectivity index is 1.06. The Morgan fingerprint density at radius 2 is 1.83 bits per heavy atom. The topological polar surface area (TPSA) is 114 Å². The molecule has 2 atom stereocenters. The van der Waals surface area contributed by atoms with E-state index in [1.165, 1.54) is 22.2 Å². The molecule has 2 aliphatic heterocycles. The number of carbonyl (C=O) groups is 2. The predicted octanol–water partition coefficient (Wildman–Crippen LogP) is 4.16. The Bertz CT molecular complexity index is 1930. The molecule has 1 N–H and O–H groups in total. The lowest BCUT2D eigenvalue weighted by atomic mass is 9.79. The maximum absolute atomic E-state index is 14.1. The van der Waals surface area contributed by atoms with Crippen molar-refractivity contribution in [3.63, 3.8) is 0 Å². The fourth-order valence-corrected chi connectivity index (χ4v) is 7.87. The molecular weight excluding hydrogens is 600 g/mol. The minimum Gasteiger partial charge on any atom is -0.388 e. The van der Waals surface area contributed by atoms with Gasteiger partial charge < -0.3 is 19.5 Å². The van der Waals surface area contributed by atoms with Crippen molar-refractivity contribution >= 4 is 34.2 Å². The normalized spacial score (nSPS) is 19.8. The van der Waals surface area contributed by atoms with Crippen LogP contribution in [0.4, 0.5) is 0 Å². The first kappa shape index (κ1) is 30.1. The second-order valence-electron chi connectivity index (χ2n) is 12.5. The minimum atomic E-state index is -1.12. The first-order chi connectivity index (χ1) is 22.3. The summed E-state index contributed by atoms with van der Waals surface area (Å²) in [5.74, 6) is -0.413. The highest BCUT2D eigenvalue weighted by Crippen LogP contribution is 2.37. The van der Waals surface area contributed by atoms with Gasteiger partial charge in [0.1, 0.15) is 12.0 Å². The van der Waals surface area contributed by atoms with Crippen LogP contribution in [0.2, 0.25) is 0 Å². The molecule has 236 valence electrons. The third-order valence-electron chi connectivity index (χ3n) is 9.60. The zero-order valence-corrected chi connectivity index (χ0v) is 26.5. The number of aliphatic hydroxyl groups is 1. The van der Waals surface area contributed by atoms with E-state index < -0.39 is 5.60 Å². The van der Waals surface area contributed by atoms with Crippen LogP contribution < -0.4 is 5.56 Å². The number of hydrogen-bond donors (Lipinski definition) is 1. The van der Waals surface area contributed by atoms with E-state index in [0.29, 0.717) is 61.4 Å². The van der Waals surface area contributed by atoms with Crippen LogP contribution in [0.25, 0.3) is 22.2 Å². The summed E-state index contributed by atoms with van der Waals surface area (Å²) in [6, 6.07) is 17.5. The number of pyridine rings is 1. The maximum Gasteiger partial charge on any atom is 0.264 e. The molecule has 7 rings (SSSR count). The van der Waals surface area contributed by atoms with E-state index in [1.807, 2.05) is 70.8 Å². The Labute approximate surface area is 270 Å². The van der Waals surface area contributed by atoms with Gasteiger partial charge in [-0.05, 0) is 48.4 Å². The monoisotopic (exact) mass is 636 g/mol. The van der Waals surface area contributed by atoms with Gasteiger partial charge in [0.2, 0.25) is 5.91 Å². The third kappa shape index (κ3) is 5.65. The number of benzene rings is 1. The summed E-state index contributed by atoms with van der Waals surface area (Å²) in [5, 5.41) is 13.9. The molecule has 10 nitrogen and oxygen atoms in total. The summed E-state index contributed by atoms with van der Waals surface area (Å²) >= 11 is 1.43. The number of hydrogen-bond acceptors (Lipinski definition) is 7. The molecule has 0 bridgehead atoms. The Morgan fingerprint density at radius 3 is 2.59 bits per heavy atom. The molecule has 2 aliphatic rings. The number of nitrogens with zero attached hydrogens (tertiary/aromatic N) is 6. The van der Waals surface area contributed by atoms with Crippen molar-refractivity contribution in [1.82, 2.24) is 28.9 Å². The van der Waals surface area contributed by atoms with Gasteiger partial charge in [-0.25, -0.2) is 4.98 Å². The minimum absolute atomic E-state index is 0.0258. The molecule has 0 unspecified atom stereocenters. The van der Waals surface area contributed by atoms with Crippen molar-refractivity contribution in [2.75, 3.05) is 26.2 Å². The van der Waals surface area contributed by atoms with Crippen LogP contribution in [0.5, 0.6) is 0 Å². The average molecular weight is 637 g/mol. The fraction of sp³-hybridized carbons (Fsp3) is 0.343. The van der Waals surface area contributed by atoms with Gasteiger partial charge in [0.05, 0.1) is 22.4 Å². The Hall–Kier alpha value is -4.61. The highest BCUT2D eigenvalue weighted by atomic mass is 32.1. The third-order valence-corrected chi connectivity index (χ3v) is 10.5. The zero-order valence-electron chi connectivity index (χ0n) is 25.7. The Morgan fingerprint density at radius 1 is 1.02 bits per heavy atom. The second-order valence-corrected chi connectivity index (χ2v) is 13.4. The van der Waals surface area contributed by atoms with Gasteiger partial charge in [0, 0.05) is 74.8 Å². The van der Waals surface area contributed by atoms with Crippen molar-refractivity contribution in [3.05, 3.63) is 106 Å². The molecule has 0 radical (unpaired) electrons. The second kappa shape index (κ2) is 12.3. The average Bonchev–Trinajstić information content (AvgIpc) is 3.74. The number of fused-ring (bicyclic) bond motifs is 1. The van der Waals surface area contributed by atoms with Crippen molar-refractivity contribution in [3.8, 4) is 11.1 Å². The number of likely N-dealkylation sites (tertiary alicyclic amines) is 2. The van der Waals surface area contributed by atoms with Crippen molar-refractivity contribution in [1.29, 1.82) is 0 Å². The van der Waals surface area contributed by atoms with E-state index in [4.69, 9.17) is 0 Å². The van der Waals surface area contributed by atoms with E-state index in [9.17, 15) is 19.5 Å². The van der Waals surface area contributed by atoms with Crippen molar-refractivity contribution < 1.29 is 14.7 Å². The molecule has 6 heterocycles. The first-order valence-electron chi connectivity index (χ1n) is 15.6. The van der Waals surface area contributed by atoms with Crippen LogP contribution in [0.1, 0.15) is 40.4 Å². The van der Waals surface area contributed by atoms with E-state index in [1.54, 1.807) is 29.2 Å². The molecule has 5 aromatic rings. The lowest BCUT2D eigenvalue weighted by Gasteiger charge is -2.43. The fourth-order valence-electron chi connectivity index (χ4n) is 6.98. The summed E-state index contributed by atoms with van der Waals surface area (Å²) < 4.78 is 3.27. The number of thiophene rings is 1. The van der Waals surface area contributed by atoms with Crippen LogP contribution in [0, 0.1) is 5.92 Å². The highest BCUT2D eigenvalue weighted by molar-refractivity contribution is 7.12. The van der Waals surface area contributed by atoms with Crippen molar-refractivity contribution in [2.45, 2.75) is 37.3 Å². The molecule has 11 heteroatoms. The molecule has 1 aromatic carbocycles.